The molecule has 1 heterocycles. The van der Waals surface area contributed by atoms with Gasteiger partial charge in [-0.3, -0.25) is 9.05 Å². The summed E-state index contributed by atoms with van der Waals surface area (Å²) in [4.78, 5) is 0. The van der Waals surface area contributed by atoms with Crippen molar-refractivity contribution in [1.29, 1.82) is 0 Å². The summed E-state index contributed by atoms with van der Waals surface area (Å²) in [5, 5.41) is 0. The van der Waals surface area contributed by atoms with Crippen LogP contribution in [0.15, 0.2) is 0 Å². The summed E-state index contributed by atoms with van der Waals surface area (Å²) in [6, 6.07) is 0. The maximum Gasteiger partial charge on any atom is 0.455 e. The molecule has 1 aliphatic rings. The van der Waals surface area contributed by atoms with E-state index in [1.54, 1.807) is 0 Å². The fraction of sp³-hybridized carbons (Fsp3) is 1.00. The number of ether oxygens (including phenoxy) is 1. The van der Waals surface area contributed by atoms with Crippen LogP contribution in [0.3, 0.4) is 0 Å². The zero-order valence-corrected chi connectivity index (χ0v) is 42.7. The second-order valence-electron chi connectivity index (χ2n) is 19.3. The highest BCUT2D eigenvalue weighted by Crippen LogP contribution is 2.57. The van der Waals surface area contributed by atoms with Gasteiger partial charge in [-0.25, -0.2) is 9.13 Å². The quantitative estimate of drug-likeness (QED) is 0.0855. The smallest absolute Gasteiger partial charge is 0.409 e. The molecule has 0 amide bonds. The summed E-state index contributed by atoms with van der Waals surface area (Å²) >= 11 is 0. The van der Waals surface area contributed by atoms with E-state index >= 15 is 0 Å². The monoisotopic (exact) mass is 844 g/mol. The first-order chi connectivity index (χ1) is 20.7. The van der Waals surface area contributed by atoms with E-state index in [0.717, 1.165) is 0 Å². The Kier molecular flexibility index (Phi) is 16.0. The van der Waals surface area contributed by atoms with Crippen molar-refractivity contribution in [1.82, 2.24) is 0 Å². The van der Waals surface area contributed by atoms with Crippen LogP contribution >= 0.6 is 15.6 Å². The Morgan fingerprint density at radius 3 is 1.17 bits per heavy atom. The molecule has 0 saturated carbocycles. The summed E-state index contributed by atoms with van der Waals surface area (Å²) in [7, 11) is -24.7. The molecule has 0 N–H and O–H groups in total. The minimum Gasteiger partial charge on any atom is -0.409 e. The second-order valence-corrected chi connectivity index (χ2v) is 54.8. The van der Waals surface area contributed by atoms with Gasteiger partial charge in [-0.2, -0.15) is 0 Å². The molecular weight excluding hydrogens is 775 g/mol. The molecule has 1 rings (SSSR count). The van der Waals surface area contributed by atoms with E-state index in [2.05, 4.69) is 39.3 Å². The number of phosphoric acid groups is 2. The molecule has 0 aromatic carbocycles. The Bertz CT molecular complexity index is 1110. The van der Waals surface area contributed by atoms with Crippen LogP contribution in [0, 0.1) is 0 Å². The lowest BCUT2D eigenvalue weighted by Crippen LogP contribution is -2.58. The van der Waals surface area contributed by atoms with Gasteiger partial charge in [0.1, 0.15) is 24.9 Å². The van der Waals surface area contributed by atoms with E-state index < -0.39 is 98.0 Å². The Morgan fingerprint density at radius 1 is 0.500 bits per heavy atom. The predicted octanol–water partition coefficient (Wildman–Crippen LogP) is 10.0. The van der Waals surface area contributed by atoms with Gasteiger partial charge < -0.3 is 34.9 Å². The molecule has 1 aliphatic heterocycles. The number of hydrogen-bond donors (Lipinski definition) is 0. The van der Waals surface area contributed by atoms with Gasteiger partial charge in [-0.15, -0.1) is 0 Å². The first-order valence-corrected chi connectivity index (χ1v) is 43.6. The van der Waals surface area contributed by atoms with Gasteiger partial charge in [0, 0.05) is 0 Å². The maximum atomic E-state index is 14.4. The summed E-state index contributed by atoms with van der Waals surface area (Å²) < 4.78 is 93.0. The SMILES string of the molecule is C[Si](C)(C)O[C@@H]1[C@@H](COP(=O)(O[Si](C)(C)C)O[Si](C)(C)C)O[C@@](COP(=O)(O[Si](C)(C)C)O[Si](C)(C)C)(O[Si](C)(C)C)[C@H]1O[Si](C)(C)C. The molecule has 288 valence electrons. The Hall–Kier alpha value is 1.58. The molecule has 12 nitrogen and oxygen atoms in total. The number of rotatable bonds is 20. The lowest BCUT2D eigenvalue weighted by atomic mass is 10.1. The third-order valence-corrected chi connectivity index (χ3v) is 21.4. The first kappa shape index (κ1) is 47.6. The van der Waals surface area contributed by atoms with E-state index in [-0.39, 0.29) is 13.2 Å². The lowest BCUT2D eigenvalue weighted by Gasteiger charge is -2.43. The standard InChI is InChI=1S/C27H70O12P2Si7/c1-42(2,3)33-25-24(22-30-40(28,36-45(10,11)12)37-46(13,14)15)32-27(35-44(7,8)9,26(25)34-43(4,5)6)23-31-41(29,38-47(16,17)18)39-48(19,20)21/h24-26H,22-23H2,1-21H3/t24-,25-,26+,27+/m1/s1. The van der Waals surface area contributed by atoms with Crippen LogP contribution in [0.1, 0.15) is 0 Å². The average Bonchev–Trinajstić information content (AvgIpc) is 2.94. The summed E-state index contributed by atoms with van der Waals surface area (Å²) in [6.07, 6.45) is -2.33. The van der Waals surface area contributed by atoms with Crippen molar-refractivity contribution < 1.29 is 53.0 Å². The minimum absolute atomic E-state index is 0.182. The van der Waals surface area contributed by atoms with Crippen LogP contribution < -0.4 is 0 Å². The van der Waals surface area contributed by atoms with Crippen LogP contribution in [0.4, 0.5) is 0 Å². The van der Waals surface area contributed by atoms with Crippen molar-refractivity contribution in [3.05, 3.63) is 0 Å². The molecule has 0 aromatic rings. The van der Waals surface area contributed by atoms with Crippen LogP contribution in [0.5, 0.6) is 0 Å². The highest BCUT2D eigenvalue weighted by Gasteiger charge is 2.62. The third kappa shape index (κ3) is 19.1. The molecule has 4 atom stereocenters. The van der Waals surface area contributed by atoms with Gasteiger partial charge in [-0.1, -0.05) is 0 Å². The molecule has 0 aromatic heterocycles. The molecule has 0 aliphatic carbocycles. The Balaban J connectivity index is 3.88. The average molecular weight is 845 g/mol. The first-order valence-electron chi connectivity index (χ1n) is 16.8. The fourth-order valence-electron chi connectivity index (χ4n) is 4.61. The van der Waals surface area contributed by atoms with E-state index in [1.807, 2.05) is 98.2 Å². The van der Waals surface area contributed by atoms with Crippen LogP contribution in [0.25, 0.3) is 0 Å². The second kappa shape index (κ2) is 16.1. The van der Waals surface area contributed by atoms with Crippen molar-refractivity contribution in [2.45, 2.75) is 162 Å². The molecule has 0 bridgehead atoms. The van der Waals surface area contributed by atoms with Gasteiger partial charge in [0.05, 0.1) is 6.61 Å². The molecule has 21 heteroatoms. The largest absolute Gasteiger partial charge is 0.455 e. The van der Waals surface area contributed by atoms with E-state index in [4.69, 9.17) is 43.9 Å². The normalized spacial score (nSPS) is 24.4. The van der Waals surface area contributed by atoms with Gasteiger partial charge in [0.15, 0.2) is 58.2 Å². The summed E-state index contributed by atoms with van der Waals surface area (Å²) in [6.45, 7) is 41.3. The lowest BCUT2D eigenvalue weighted by molar-refractivity contribution is -0.229. The van der Waals surface area contributed by atoms with E-state index in [1.165, 1.54) is 0 Å². The highest BCUT2D eigenvalue weighted by atomic mass is 31.2. The molecule has 48 heavy (non-hydrogen) atoms. The van der Waals surface area contributed by atoms with Crippen LogP contribution in [0.2, 0.25) is 137 Å². The van der Waals surface area contributed by atoms with E-state index in [9.17, 15) is 9.13 Å². The van der Waals surface area contributed by atoms with Crippen molar-refractivity contribution in [2.75, 3.05) is 13.2 Å². The molecule has 1 saturated heterocycles. The molecular formula is C27H70O12P2Si7. The van der Waals surface area contributed by atoms with Crippen molar-refractivity contribution in [3.63, 3.8) is 0 Å². The van der Waals surface area contributed by atoms with Gasteiger partial charge >= 0.3 is 15.6 Å². The number of hydrogen-bond acceptors (Lipinski definition) is 12. The van der Waals surface area contributed by atoms with Gasteiger partial charge in [0.25, 0.3) is 0 Å². The van der Waals surface area contributed by atoms with Crippen molar-refractivity contribution in [2.24, 2.45) is 0 Å². The molecule has 1 fully saturated rings. The van der Waals surface area contributed by atoms with E-state index in [0.29, 0.717) is 0 Å². The highest BCUT2D eigenvalue weighted by molar-refractivity contribution is 7.52. The predicted molar refractivity (Wildman–Crippen MR) is 213 cm³/mol. The Labute approximate surface area is 300 Å². The Morgan fingerprint density at radius 2 is 0.854 bits per heavy atom. The molecule has 0 unspecified atom stereocenters. The topological polar surface area (TPSA) is 126 Å². The van der Waals surface area contributed by atoms with Crippen molar-refractivity contribution >= 4 is 73.9 Å². The van der Waals surface area contributed by atoms with Crippen LogP contribution in [-0.2, 0) is 53.0 Å². The zero-order valence-electron chi connectivity index (χ0n) is 33.9. The zero-order chi connectivity index (χ0) is 38.2. The summed E-state index contributed by atoms with van der Waals surface area (Å²) in [5.41, 5.74) is 0. The molecule has 0 radical (unpaired) electrons. The summed E-state index contributed by atoms with van der Waals surface area (Å²) in [5.74, 6) is -1.58. The van der Waals surface area contributed by atoms with Gasteiger partial charge in [0.2, 0.25) is 5.79 Å². The molecule has 0 spiro atoms. The van der Waals surface area contributed by atoms with Crippen molar-refractivity contribution in [3.8, 4) is 0 Å². The minimum atomic E-state index is -4.07. The van der Waals surface area contributed by atoms with Gasteiger partial charge in [-0.05, 0) is 137 Å². The fourth-order valence-corrected chi connectivity index (χ4v) is 21.3. The third-order valence-electron chi connectivity index (χ3n) is 5.26. The maximum absolute atomic E-state index is 14.4. The van der Waals surface area contributed by atoms with Crippen LogP contribution in [-0.4, -0.2) is 95.5 Å².